The SMILES string of the molecule is Cc1ccc(-c2cc3nc4ccccc4cc3cn2)cc1. The van der Waals surface area contributed by atoms with Gasteiger partial charge in [0.15, 0.2) is 0 Å². The molecule has 0 aliphatic heterocycles. The Morgan fingerprint density at radius 1 is 0.762 bits per heavy atom. The van der Waals surface area contributed by atoms with Gasteiger partial charge < -0.3 is 0 Å². The zero-order valence-electron chi connectivity index (χ0n) is 11.7. The molecule has 2 aromatic carbocycles. The van der Waals surface area contributed by atoms with Gasteiger partial charge in [0.2, 0.25) is 0 Å². The van der Waals surface area contributed by atoms with Gasteiger partial charge in [0, 0.05) is 22.5 Å². The Kier molecular flexibility index (Phi) is 2.68. The van der Waals surface area contributed by atoms with Gasteiger partial charge in [-0.15, -0.1) is 0 Å². The fraction of sp³-hybridized carbons (Fsp3) is 0.0526. The highest BCUT2D eigenvalue weighted by molar-refractivity contribution is 5.93. The molecular weight excluding hydrogens is 256 g/mol. The maximum atomic E-state index is 4.74. The third-order valence-electron chi connectivity index (χ3n) is 3.75. The minimum Gasteiger partial charge on any atom is -0.255 e. The molecule has 0 N–H and O–H groups in total. The van der Waals surface area contributed by atoms with Gasteiger partial charge in [-0.1, -0.05) is 48.0 Å². The van der Waals surface area contributed by atoms with Gasteiger partial charge in [0.05, 0.1) is 16.7 Å². The number of hydrogen-bond donors (Lipinski definition) is 0. The zero-order chi connectivity index (χ0) is 14.2. The summed E-state index contributed by atoms with van der Waals surface area (Å²) in [6.07, 6.45) is 1.91. The first-order valence-electron chi connectivity index (χ1n) is 7.02. The number of rotatable bonds is 1. The molecule has 0 bridgehead atoms. The molecule has 21 heavy (non-hydrogen) atoms. The third kappa shape index (κ3) is 2.15. The molecule has 0 fully saturated rings. The summed E-state index contributed by atoms with van der Waals surface area (Å²) in [5.74, 6) is 0. The third-order valence-corrected chi connectivity index (χ3v) is 3.75. The molecule has 0 amide bonds. The molecule has 0 aliphatic rings. The Morgan fingerprint density at radius 3 is 2.43 bits per heavy atom. The van der Waals surface area contributed by atoms with Crippen LogP contribution in [0.25, 0.3) is 33.1 Å². The molecule has 0 spiro atoms. The van der Waals surface area contributed by atoms with Crippen molar-refractivity contribution in [3.63, 3.8) is 0 Å². The van der Waals surface area contributed by atoms with E-state index >= 15 is 0 Å². The van der Waals surface area contributed by atoms with Crippen molar-refractivity contribution in [1.82, 2.24) is 9.97 Å². The molecule has 2 aromatic heterocycles. The molecule has 4 rings (SSSR count). The molecule has 2 heteroatoms. The minimum absolute atomic E-state index is 0.963. The molecule has 0 atom stereocenters. The molecule has 0 radical (unpaired) electrons. The van der Waals surface area contributed by atoms with Crippen molar-refractivity contribution >= 4 is 21.8 Å². The van der Waals surface area contributed by atoms with Crippen LogP contribution < -0.4 is 0 Å². The summed E-state index contributed by atoms with van der Waals surface area (Å²) >= 11 is 0. The van der Waals surface area contributed by atoms with Crippen molar-refractivity contribution in [2.75, 3.05) is 0 Å². The Labute approximate surface area is 123 Å². The van der Waals surface area contributed by atoms with Gasteiger partial charge >= 0.3 is 0 Å². The van der Waals surface area contributed by atoms with E-state index in [1.807, 2.05) is 24.4 Å². The van der Waals surface area contributed by atoms with E-state index in [2.05, 4.69) is 54.4 Å². The van der Waals surface area contributed by atoms with Crippen LogP contribution >= 0.6 is 0 Å². The summed E-state index contributed by atoms with van der Waals surface area (Å²) in [6, 6.07) is 20.8. The van der Waals surface area contributed by atoms with Crippen LogP contribution in [0.2, 0.25) is 0 Å². The van der Waals surface area contributed by atoms with E-state index in [1.165, 1.54) is 5.56 Å². The predicted molar refractivity (Wildman–Crippen MR) is 87.2 cm³/mol. The van der Waals surface area contributed by atoms with Gasteiger partial charge in [-0.3, -0.25) is 4.98 Å². The summed E-state index contributed by atoms with van der Waals surface area (Å²) in [5.41, 5.74) is 5.34. The van der Waals surface area contributed by atoms with E-state index < -0.39 is 0 Å². The normalized spacial score (nSPS) is 11.1. The van der Waals surface area contributed by atoms with Gasteiger partial charge in [0.1, 0.15) is 0 Å². The van der Waals surface area contributed by atoms with Crippen molar-refractivity contribution in [2.24, 2.45) is 0 Å². The van der Waals surface area contributed by atoms with Gasteiger partial charge in [0.25, 0.3) is 0 Å². The maximum absolute atomic E-state index is 4.74. The first kappa shape index (κ1) is 12.0. The maximum Gasteiger partial charge on any atom is 0.0746 e. The first-order valence-corrected chi connectivity index (χ1v) is 7.02. The van der Waals surface area contributed by atoms with Crippen LogP contribution in [0.1, 0.15) is 5.56 Å². The topological polar surface area (TPSA) is 25.8 Å². The quantitative estimate of drug-likeness (QED) is 0.466. The van der Waals surface area contributed by atoms with Gasteiger partial charge in [-0.05, 0) is 25.1 Å². The van der Waals surface area contributed by atoms with Crippen molar-refractivity contribution in [3.8, 4) is 11.3 Å². The minimum atomic E-state index is 0.963. The van der Waals surface area contributed by atoms with Crippen molar-refractivity contribution in [1.29, 1.82) is 0 Å². The summed E-state index contributed by atoms with van der Waals surface area (Å²) in [5, 5.41) is 2.22. The molecular formula is C19H14N2. The highest BCUT2D eigenvalue weighted by Gasteiger charge is 2.04. The van der Waals surface area contributed by atoms with E-state index in [4.69, 9.17) is 4.98 Å². The van der Waals surface area contributed by atoms with Crippen LogP contribution in [0, 0.1) is 6.92 Å². The zero-order valence-corrected chi connectivity index (χ0v) is 11.7. The average molecular weight is 270 g/mol. The monoisotopic (exact) mass is 270 g/mol. The second kappa shape index (κ2) is 4.67. The molecule has 0 aliphatic carbocycles. The summed E-state index contributed by atoms with van der Waals surface area (Å²) in [6.45, 7) is 2.09. The van der Waals surface area contributed by atoms with E-state index in [0.717, 1.165) is 33.1 Å². The van der Waals surface area contributed by atoms with E-state index in [-0.39, 0.29) is 0 Å². The number of fused-ring (bicyclic) bond motifs is 2. The summed E-state index contributed by atoms with van der Waals surface area (Å²) in [4.78, 5) is 9.32. The lowest BCUT2D eigenvalue weighted by Gasteiger charge is -2.05. The van der Waals surface area contributed by atoms with Crippen LogP contribution in [0.4, 0.5) is 0 Å². The van der Waals surface area contributed by atoms with E-state index in [0.29, 0.717) is 0 Å². The van der Waals surface area contributed by atoms with E-state index in [9.17, 15) is 0 Å². The highest BCUT2D eigenvalue weighted by atomic mass is 14.7. The largest absolute Gasteiger partial charge is 0.255 e. The second-order valence-electron chi connectivity index (χ2n) is 5.31. The number of aromatic nitrogens is 2. The van der Waals surface area contributed by atoms with Crippen molar-refractivity contribution in [3.05, 3.63) is 72.4 Å². The molecule has 0 saturated carbocycles. The van der Waals surface area contributed by atoms with Crippen LogP contribution in [-0.4, -0.2) is 9.97 Å². The standard InChI is InChI=1S/C19H14N2/c1-13-6-8-14(9-7-13)18-11-19-16(12-20-18)10-15-4-2-3-5-17(15)21-19/h2-12H,1H3. The predicted octanol–water partition coefficient (Wildman–Crippen LogP) is 4.76. The Balaban J connectivity index is 1.92. The van der Waals surface area contributed by atoms with E-state index in [1.54, 1.807) is 0 Å². The number of aryl methyl sites for hydroxylation is 1. The van der Waals surface area contributed by atoms with Crippen LogP contribution in [0.3, 0.4) is 0 Å². The Morgan fingerprint density at radius 2 is 1.57 bits per heavy atom. The summed E-state index contributed by atoms with van der Waals surface area (Å²) < 4.78 is 0. The number of para-hydroxylation sites is 1. The van der Waals surface area contributed by atoms with Crippen LogP contribution in [0.5, 0.6) is 0 Å². The lowest BCUT2D eigenvalue weighted by Crippen LogP contribution is -1.87. The summed E-state index contributed by atoms with van der Waals surface area (Å²) in [7, 11) is 0. The first-order chi connectivity index (χ1) is 10.3. The van der Waals surface area contributed by atoms with Crippen molar-refractivity contribution < 1.29 is 0 Å². The average Bonchev–Trinajstić information content (AvgIpc) is 2.53. The molecule has 4 aromatic rings. The van der Waals surface area contributed by atoms with Crippen LogP contribution in [-0.2, 0) is 0 Å². The fourth-order valence-corrected chi connectivity index (χ4v) is 2.55. The fourth-order valence-electron chi connectivity index (χ4n) is 2.55. The van der Waals surface area contributed by atoms with Gasteiger partial charge in [-0.2, -0.15) is 0 Å². The molecule has 100 valence electrons. The second-order valence-corrected chi connectivity index (χ2v) is 5.31. The highest BCUT2D eigenvalue weighted by Crippen LogP contribution is 2.24. The van der Waals surface area contributed by atoms with Crippen molar-refractivity contribution in [2.45, 2.75) is 6.92 Å². The molecule has 2 heterocycles. The number of benzene rings is 2. The number of pyridine rings is 2. The smallest absolute Gasteiger partial charge is 0.0746 e. The molecule has 0 saturated heterocycles. The Bertz CT molecular complexity index is 940. The lowest BCUT2D eigenvalue weighted by atomic mass is 10.1. The molecule has 0 unspecified atom stereocenters. The molecule has 2 nitrogen and oxygen atoms in total. The Hall–Kier alpha value is -2.74. The van der Waals surface area contributed by atoms with Gasteiger partial charge in [-0.25, -0.2) is 4.98 Å². The lowest BCUT2D eigenvalue weighted by molar-refractivity contribution is 1.33. The number of hydrogen-bond acceptors (Lipinski definition) is 2. The number of nitrogens with zero attached hydrogens (tertiary/aromatic N) is 2. The van der Waals surface area contributed by atoms with Crippen LogP contribution in [0.15, 0.2) is 66.9 Å².